The zero-order valence-corrected chi connectivity index (χ0v) is 17.0. The van der Waals surface area contributed by atoms with Gasteiger partial charge in [0.05, 0.1) is 32.6 Å². The Bertz CT molecular complexity index is 417. The summed E-state index contributed by atoms with van der Waals surface area (Å²) in [5.74, 6) is -0.706. The monoisotopic (exact) mass is 326 g/mol. The fourth-order valence-corrected chi connectivity index (χ4v) is 3.29. The van der Waals surface area contributed by atoms with E-state index in [0.717, 1.165) is 30.3 Å². The number of nitrogens with zero attached hydrogens (tertiary/aromatic N) is 1. The Balaban J connectivity index is 4.63. The molecular formula is C20H40NO2+. The van der Waals surface area contributed by atoms with E-state index >= 15 is 0 Å². The lowest BCUT2D eigenvalue weighted by atomic mass is 9.72. The van der Waals surface area contributed by atoms with Crippen molar-refractivity contribution in [3.05, 3.63) is 12.2 Å². The molecule has 3 nitrogen and oxygen atoms in total. The Morgan fingerprint density at radius 3 is 1.87 bits per heavy atom. The SMILES string of the molecule is CC[N+](C)(C)C(C)(C)CC=CCC(C)(C)CC(C)(C)CC(=O)O. The molecule has 0 rings (SSSR count). The fourth-order valence-electron chi connectivity index (χ4n) is 3.29. The Morgan fingerprint density at radius 2 is 1.43 bits per heavy atom. The second-order valence-corrected chi connectivity index (χ2v) is 9.77. The third-order valence-corrected chi connectivity index (χ3v) is 5.47. The smallest absolute Gasteiger partial charge is 0.303 e. The highest BCUT2D eigenvalue weighted by molar-refractivity contribution is 5.67. The largest absolute Gasteiger partial charge is 0.481 e. The van der Waals surface area contributed by atoms with E-state index in [4.69, 9.17) is 5.11 Å². The lowest BCUT2D eigenvalue weighted by molar-refractivity contribution is -0.935. The summed E-state index contributed by atoms with van der Waals surface area (Å²) in [5.41, 5.74) is 0.177. The summed E-state index contributed by atoms with van der Waals surface area (Å²) in [6.45, 7) is 16.6. The highest BCUT2D eigenvalue weighted by atomic mass is 16.4. The highest BCUT2D eigenvalue weighted by Crippen LogP contribution is 2.38. The number of aliphatic carboxylic acids is 1. The number of allylic oxidation sites excluding steroid dienone is 1. The Kier molecular flexibility index (Phi) is 7.55. The molecule has 0 aromatic rings. The first-order valence-corrected chi connectivity index (χ1v) is 8.84. The Hall–Kier alpha value is -0.830. The summed E-state index contributed by atoms with van der Waals surface area (Å²) in [6.07, 6.45) is 7.79. The lowest BCUT2D eigenvalue weighted by Crippen LogP contribution is -2.55. The molecule has 0 atom stereocenters. The van der Waals surface area contributed by atoms with Crippen molar-refractivity contribution in [1.29, 1.82) is 0 Å². The van der Waals surface area contributed by atoms with Crippen molar-refractivity contribution in [3.63, 3.8) is 0 Å². The molecule has 0 aromatic heterocycles. The van der Waals surface area contributed by atoms with Gasteiger partial charge in [0, 0.05) is 6.42 Å². The lowest BCUT2D eigenvalue weighted by Gasteiger charge is -2.43. The van der Waals surface area contributed by atoms with Crippen molar-refractivity contribution in [1.82, 2.24) is 0 Å². The highest BCUT2D eigenvalue weighted by Gasteiger charge is 2.34. The van der Waals surface area contributed by atoms with Gasteiger partial charge >= 0.3 is 5.97 Å². The first kappa shape index (κ1) is 22.2. The molecular weight excluding hydrogens is 286 g/mol. The van der Waals surface area contributed by atoms with Gasteiger partial charge in [0.2, 0.25) is 0 Å². The van der Waals surface area contributed by atoms with Crippen LogP contribution in [-0.4, -0.2) is 41.7 Å². The molecule has 0 amide bonds. The topological polar surface area (TPSA) is 37.3 Å². The van der Waals surface area contributed by atoms with E-state index in [1.54, 1.807) is 0 Å². The van der Waals surface area contributed by atoms with E-state index in [0.29, 0.717) is 0 Å². The van der Waals surface area contributed by atoms with Crippen molar-refractivity contribution < 1.29 is 14.4 Å². The van der Waals surface area contributed by atoms with Gasteiger partial charge in [0.15, 0.2) is 0 Å². The molecule has 1 N–H and O–H groups in total. The molecule has 0 bridgehead atoms. The van der Waals surface area contributed by atoms with Crippen LogP contribution in [0.2, 0.25) is 0 Å². The number of carbonyl (C=O) groups is 1. The van der Waals surface area contributed by atoms with E-state index in [1.165, 1.54) is 0 Å². The molecule has 0 aliphatic heterocycles. The average molecular weight is 327 g/mol. The van der Waals surface area contributed by atoms with Crippen LogP contribution >= 0.6 is 0 Å². The number of hydrogen-bond acceptors (Lipinski definition) is 1. The van der Waals surface area contributed by atoms with Gasteiger partial charge in [-0.1, -0.05) is 39.8 Å². The van der Waals surface area contributed by atoms with Gasteiger partial charge in [0.25, 0.3) is 0 Å². The van der Waals surface area contributed by atoms with Gasteiger partial charge in [0.1, 0.15) is 0 Å². The zero-order valence-electron chi connectivity index (χ0n) is 17.0. The third kappa shape index (κ3) is 8.01. The first-order chi connectivity index (χ1) is 10.1. The zero-order chi connectivity index (χ0) is 18.5. The number of rotatable bonds is 10. The molecule has 0 radical (unpaired) electrons. The Labute approximate surface area is 144 Å². The second kappa shape index (κ2) is 7.83. The number of quaternary nitrogens is 1. The minimum absolute atomic E-state index is 0.120. The van der Waals surface area contributed by atoms with Crippen molar-refractivity contribution in [3.8, 4) is 0 Å². The number of hydrogen-bond donors (Lipinski definition) is 1. The van der Waals surface area contributed by atoms with E-state index < -0.39 is 5.97 Å². The van der Waals surface area contributed by atoms with Crippen LogP contribution in [0.1, 0.15) is 74.1 Å². The minimum Gasteiger partial charge on any atom is -0.481 e. The van der Waals surface area contributed by atoms with Gasteiger partial charge in [-0.2, -0.15) is 0 Å². The molecule has 0 saturated heterocycles. The molecule has 0 aromatic carbocycles. The minimum atomic E-state index is -0.706. The standard InChI is InChI=1S/C20H39NO2/c1-10-21(8,9)20(6,7)14-12-11-13-18(2,3)16-19(4,5)15-17(22)23/h11-12H,10,13-16H2,1-9H3/p+1. The molecule has 0 aliphatic carbocycles. The van der Waals surface area contributed by atoms with Crippen LogP contribution in [0.25, 0.3) is 0 Å². The molecule has 23 heavy (non-hydrogen) atoms. The van der Waals surface area contributed by atoms with Gasteiger partial charge < -0.3 is 9.59 Å². The van der Waals surface area contributed by atoms with Crippen LogP contribution in [0.15, 0.2) is 12.2 Å². The van der Waals surface area contributed by atoms with Crippen molar-refractivity contribution in [2.45, 2.75) is 79.7 Å². The normalized spacial score (nSPS) is 14.5. The Morgan fingerprint density at radius 1 is 0.957 bits per heavy atom. The summed E-state index contributed by atoms with van der Waals surface area (Å²) in [5, 5.41) is 9.03. The summed E-state index contributed by atoms with van der Waals surface area (Å²) in [6, 6.07) is 0. The van der Waals surface area contributed by atoms with Gasteiger partial charge in [-0.05, 0) is 44.4 Å². The van der Waals surface area contributed by atoms with E-state index in [1.807, 2.05) is 0 Å². The first-order valence-electron chi connectivity index (χ1n) is 8.84. The average Bonchev–Trinajstić information content (AvgIpc) is 2.31. The van der Waals surface area contributed by atoms with E-state index in [9.17, 15) is 4.79 Å². The number of carboxylic acid groups (broad SMARTS) is 1. The molecule has 0 saturated carbocycles. The molecule has 136 valence electrons. The summed E-state index contributed by atoms with van der Waals surface area (Å²) >= 11 is 0. The molecule has 0 heterocycles. The fraction of sp³-hybridized carbons (Fsp3) is 0.850. The van der Waals surface area contributed by atoms with Crippen molar-refractivity contribution >= 4 is 5.97 Å². The van der Waals surface area contributed by atoms with Crippen LogP contribution in [0.5, 0.6) is 0 Å². The predicted octanol–water partition coefficient (Wildman–Crippen LogP) is 5.11. The van der Waals surface area contributed by atoms with Gasteiger partial charge in [-0.25, -0.2) is 0 Å². The maximum atomic E-state index is 11.0. The molecule has 0 aliphatic rings. The van der Waals surface area contributed by atoms with Crippen LogP contribution in [-0.2, 0) is 4.79 Å². The van der Waals surface area contributed by atoms with E-state index in [-0.39, 0.29) is 22.8 Å². The van der Waals surface area contributed by atoms with Crippen LogP contribution in [0.4, 0.5) is 0 Å². The van der Waals surface area contributed by atoms with Crippen LogP contribution in [0, 0.1) is 10.8 Å². The molecule has 0 fully saturated rings. The van der Waals surface area contributed by atoms with Crippen molar-refractivity contribution in [2.24, 2.45) is 10.8 Å². The maximum Gasteiger partial charge on any atom is 0.303 e. The molecule has 3 heteroatoms. The quantitative estimate of drug-likeness (QED) is 0.447. The van der Waals surface area contributed by atoms with Gasteiger partial charge in [-0.3, -0.25) is 4.79 Å². The maximum absolute atomic E-state index is 11.0. The summed E-state index contributed by atoms with van der Waals surface area (Å²) in [4.78, 5) is 11.0. The van der Waals surface area contributed by atoms with Crippen LogP contribution in [0.3, 0.4) is 0 Å². The second-order valence-electron chi connectivity index (χ2n) is 9.77. The third-order valence-electron chi connectivity index (χ3n) is 5.47. The number of carboxylic acids is 1. The van der Waals surface area contributed by atoms with Crippen molar-refractivity contribution in [2.75, 3.05) is 20.6 Å². The summed E-state index contributed by atoms with van der Waals surface area (Å²) in [7, 11) is 4.57. The summed E-state index contributed by atoms with van der Waals surface area (Å²) < 4.78 is 1.01. The van der Waals surface area contributed by atoms with Gasteiger partial charge in [-0.15, -0.1) is 0 Å². The van der Waals surface area contributed by atoms with E-state index in [2.05, 4.69) is 74.7 Å². The predicted molar refractivity (Wildman–Crippen MR) is 99.5 cm³/mol. The molecule has 0 unspecified atom stereocenters. The molecule has 0 spiro atoms. The van der Waals surface area contributed by atoms with Crippen LogP contribution < -0.4 is 0 Å².